The van der Waals surface area contributed by atoms with Crippen LogP contribution >= 0.6 is 139 Å². The first-order valence-corrected chi connectivity index (χ1v) is 16.8. The van der Waals surface area contributed by atoms with Crippen molar-refractivity contribution < 1.29 is 19.2 Å². The van der Waals surface area contributed by atoms with Gasteiger partial charge in [0.25, 0.3) is 0 Å². The van der Waals surface area contributed by atoms with Crippen LogP contribution in [0.25, 0.3) is 0 Å². The number of carbonyl (C=O) groups is 4. The van der Waals surface area contributed by atoms with Crippen LogP contribution in [0.2, 0.25) is 0 Å². The number of rotatable bonds is 12. The molecule has 0 aliphatic carbocycles. The lowest BCUT2D eigenvalue weighted by molar-refractivity contribution is -0.113. The van der Waals surface area contributed by atoms with E-state index in [1.807, 2.05) is 0 Å². The number of hydrogen-bond acceptors (Lipinski definition) is 8. The molecule has 2 aliphatic rings. The Hall–Kier alpha value is 1.20. The van der Waals surface area contributed by atoms with Crippen LogP contribution in [0.15, 0.2) is 0 Å². The highest BCUT2D eigenvalue weighted by atomic mass is 35.6. The molecule has 0 saturated carbocycles. The summed E-state index contributed by atoms with van der Waals surface area (Å²) in [7, 11) is 0. The van der Waals surface area contributed by atoms with Crippen molar-refractivity contribution in [1.29, 1.82) is 0 Å². The van der Waals surface area contributed by atoms with E-state index in [9.17, 15) is 19.2 Å². The summed E-state index contributed by atoms with van der Waals surface area (Å²) in [6.45, 7) is 3.53. The fraction of sp³-hybridized carbons (Fsp3) is 0.800. The topological polar surface area (TPSA) is 129 Å². The molecular weight excluding hydrogens is 842 g/mol. The SMILES string of the molecule is O=CNC(N1CCN(C(NC=O)C(Cl)(Cl)Cl)CC1)C(Cl)(Cl)Cl.O=CNC(N1CCN(C(NC=O)C(Cl)(Cl)Cl)CC1)C(Cl)(Cl)Cl. The molecule has 2 saturated heterocycles. The third kappa shape index (κ3) is 14.4. The maximum absolute atomic E-state index is 10.7. The number of nitrogens with one attached hydrogen (secondary N) is 4. The third-order valence-corrected chi connectivity index (χ3v) is 8.78. The number of amides is 4. The van der Waals surface area contributed by atoms with Gasteiger partial charge in [-0.15, -0.1) is 0 Å². The fourth-order valence-electron chi connectivity index (χ4n) is 4.39. The van der Waals surface area contributed by atoms with Crippen LogP contribution in [0.5, 0.6) is 0 Å². The van der Waals surface area contributed by atoms with Crippen LogP contribution in [-0.2, 0) is 19.2 Å². The van der Waals surface area contributed by atoms with E-state index in [2.05, 4.69) is 21.3 Å². The van der Waals surface area contributed by atoms with Gasteiger partial charge in [0.1, 0.15) is 24.7 Å². The molecule has 2 fully saturated rings. The maximum Gasteiger partial charge on any atom is 0.223 e. The monoisotopic (exact) mass is 864 g/mol. The molecule has 256 valence electrons. The molecule has 0 radical (unpaired) electrons. The van der Waals surface area contributed by atoms with Gasteiger partial charge in [0, 0.05) is 52.4 Å². The van der Waals surface area contributed by atoms with E-state index in [0.717, 1.165) is 0 Å². The van der Waals surface area contributed by atoms with Crippen LogP contribution in [0.1, 0.15) is 0 Å². The van der Waals surface area contributed by atoms with Crippen molar-refractivity contribution in [2.24, 2.45) is 0 Å². The normalized spacial score (nSPS) is 21.0. The van der Waals surface area contributed by atoms with Crippen LogP contribution in [0.4, 0.5) is 0 Å². The Morgan fingerprint density at radius 2 is 0.500 bits per heavy atom. The van der Waals surface area contributed by atoms with Crippen LogP contribution in [0, 0.1) is 0 Å². The maximum atomic E-state index is 10.7. The van der Waals surface area contributed by atoms with Gasteiger partial charge in [-0.25, -0.2) is 0 Å². The molecule has 0 bridgehead atoms. The highest BCUT2D eigenvalue weighted by molar-refractivity contribution is 6.69. The minimum Gasteiger partial charge on any atom is -0.339 e. The second kappa shape index (κ2) is 19.4. The van der Waals surface area contributed by atoms with Gasteiger partial charge in [-0.05, 0) is 0 Å². The second-order valence-corrected chi connectivity index (χ2v) is 18.5. The first-order chi connectivity index (χ1) is 20.2. The van der Waals surface area contributed by atoms with Crippen LogP contribution in [-0.4, -0.2) is 137 Å². The smallest absolute Gasteiger partial charge is 0.223 e. The van der Waals surface area contributed by atoms with Crippen molar-refractivity contribution in [3.63, 3.8) is 0 Å². The molecule has 0 aromatic heterocycles. The van der Waals surface area contributed by atoms with Gasteiger partial charge in [0.05, 0.1) is 0 Å². The number of alkyl halides is 12. The second-order valence-electron chi connectivity index (χ2n) is 9.06. The zero-order valence-corrected chi connectivity index (χ0v) is 31.3. The predicted octanol–water partition coefficient (Wildman–Crippen LogP) is 2.98. The van der Waals surface area contributed by atoms with E-state index >= 15 is 0 Å². The predicted molar refractivity (Wildman–Crippen MR) is 179 cm³/mol. The molecule has 44 heavy (non-hydrogen) atoms. The molecule has 0 aromatic carbocycles. The average Bonchev–Trinajstić information content (AvgIpc) is 2.90. The summed E-state index contributed by atoms with van der Waals surface area (Å²) in [5.41, 5.74) is 0. The van der Waals surface area contributed by atoms with E-state index in [1.165, 1.54) is 0 Å². The summed E-state index contributed by atoms with van der Waals surface area (Å²) in [6, 6.07) is 0. The van der Waals surface area contributed by atoms with E-state index in [-0.39, 0.29) is 0 Å². The Bertz CT molecular complexity index is 761. The Morgan fingerprint density at radius 1 is 0.364 bits per heavy atom. The van der Waals surface area contributed by atoms with Gasteiger partial charge >= 0.3 is 0 Å². The largest absolute Gasteiger partial charge is 0.339 e. The van der Waals surface area contributed by atoms with Crippen LogP contribution < -0.4 is 21.3 Å². The lowest BCUT2D eigenvalue weighted by Crippen LogP contribution is -2.63. The lowest BCUT2D eigenvalue weighted by atomic mass is 10.2. The molecule has 2 heterocycles. The molecule has 4 unspecified atom stereocenters. The molecule has 4 N–H and O–H groups in total. The molecule has 2 aliphatic heterocycles. The molecule has 2 rings (SSSR count). The fourth-order valence-corrected chi connectivity index (χ4v) is 6.81. The highest BCUT2D eigenvalue weighted by Gasteiger charge is 2.44. The summed E-state index contributed by atoms with van der Waals surface area (Å²) in [4.78, 5) is 49.8. The van der Waals surface area contributed by atoms with Gasteiger partial charge in [-0.3, -0.25) is 38.8 Å². The number of carbonyl (C=O) groups excluding carboxylic acids is 4. The quantitative estimate of drug-likeness (QED) is 0.174. The van der Waals surface area contributed by atoms with Crippen molar-refractivity contribution in [2.75, 3.05) is 52.4 Å². The van der Waals surface area contributed by atoms with Crippen molar-refractivity contribution in [2.45, 2.75) is 39.8 Å². The van der Waals surface area contributed by atoms with Crippen molar-refractivity contribution >= 4 is 165 Å². The number of piperazine rings is 2. The zero-order valence-electron chi connectivity index (χ0n) is 22.2. The summed E-state index contributed by atoms with van der Waals surface area (Å²) < 4.78 is -6.73. The summed E-state index contributed by atoms with van der Waals surface area (Å²) in [6.07, 6.45) is -1.23. The Labute approximate surface area is 314 Å². The van der Waals surface area contributed by atoms with E-state index in [0.29, 0.717) is 78.0 Å². The molecule has 4 amide bonds. The standard InChI is InChI=1S/2C10H14Cl6N4O2/c2*11-9(12,13)7(17-5-21)19-1-2-20(4-3-19)8(18-6-22)10(14,15)16/h2*5-8H,1-4H2,(H,17,21)(H,18,22). The Kier molecular flexibility index (Phi) is 19.1. The minimum atomic E-state index is -1.68. The zero-order chi connectivity index (χ0) is 33.9. The molecule has 0 aromatic rings. The first kappa shape index (κ1) is 43.2. The van der Waals surface area contributed by atoms with Gasteiger partial charge < -0.3 is 21.3 Å². The van der Waals surface area contributed by atoms with Crippen molar-refractivity contribution in [3.05, 3.63) is 0 Å². The molecular formula is C20H28Cl12N8O4. The van der Waals surface area contributed by atoms with E-state index in [4.69, 9.17) is 139 Å². The van der Waals surface area contributed by atoms with E-state index < -0.39 is 39.8 Å². The lowest BCUT2D eigenvalue weighted by Gasteiger charge is -2.44. The van der Waals surface area contributed by atoms with Gasteiger partial charge in [0.2, 0.25) is 40.8 Å². The molecule has 4 atom stereocenters. The average molecular weight is 870 g/mol. The van der Waals surface area contributed by atoms with Gasteiger partial charge in [-0.1, -0.05) is 139 Å². The summed E-state index contributed by atoms with van der Waals surface area (Å²) >= 11 is 70.4. The highest BCUT2D eigenvalue weighted by Crippen LogP contribution is 2.36. The van der Waals surface area contributed by atoms with Crippen molar-refractivity contribution in [1.82, 2.24) is 40.9 Å². The van der Waals surface area contributed by atoms with Gasteiger partial charge in [-0.2, -0.15) is 0 Å². The van der Waals surface area contributed by atoms with Crippen LogP contribution in [0.3, 0.4) is 0 Å². The number of nitrogens with zero attached hydrogens (tertiary/aromatic N) is 4. The number of hydrogen-bond donors (Lipinski definition) is 4. The first-order valence-electron chi connectivity index (χ1n) is 12.2. The summed E-state index contributed by atoms with van der Waals surface area (Å²) in [5, 5.41) is 9.89. The molecule has 24 heteroatoms. The minimum absolute atomic E-state index is 0.442. The van der Waals surface area contributed by atoms with E-state index in [1.54, 1.807) is 19.6 Å². The molecule has 12 nitrogen and oxygen atoms in total. The summed E-state index contributed by atoms with van der Waals surface area (Å²) in [5.74, 6) is 0. The Balaban J connectivity index is 0.000000440. The number of halogens is 12. The van der Waals surface area contributed by atoms with Gasteiger partial charge in [0.15, 0.2) is 0 Å². The van der Waals surface area contributed by atoms with Crippen molar-refractivity contribution in [3.8, 4) is 0 Å². The third-order valence-electron chi connectivity index (χ3n) is 6.30. The Morgan fingerprint density at radius 3 is 0.591 bits per heavy atom. The molecule has 0 spiro atoms.